The second-order valence-electron chi connectivity index (χ2n) is 9.71. The lowest BCUT2D eigenvalue weighted by atomic mass is 9.95. The van der Waals surface area contributed by atoms with E-state index in [-0.39, 0.29) is 5.56 Å². The molecule has 0 aliphatic heterocycles. The Labute approximate surface area is 256 Å². The van der Waals surface area contributed by atoms with Crippen LogP contribution in [-0.4, -0.2) is 42.7 Å². The molecule has 2 N–H and O–H groups in total. The third-order valence-electron chi connectivity index (χ3n) is 6.74. The molecule has 0 spiro atoms. The first-order chi connectivity index (χ1) is 21.3. The fraction of sp³-hybridized carbons (Fsp3) is 0.167. The molecule has 4 rings (SSSR count). The van der Waals surface area contributed by atoms with E-state index in [1.54, 1.807) is 78.9 Å². The van der Waals surface area contributed by atoms with Gasteiger partial charge in [0, 0.05) is 0 Å². The van der Waals surface area contributed by atoms with Crippen LogP contribution >= 0.6 is 0 Å². The number of hydrogen-bond acceptors (Lipinski definition) is 8. The Bertz CT molecular complexity index is 1570. The summed E-state index contributed by atoms with van der Waals surface area (Å²) >= 11 is 0. The van der Waals surface area contributed by atoms with Crippen molar-refractivity contribution < 1.29 is 38.7 Å². The van der Waals surface area contributed by atoms with Crippen molar-refractivity contribution in [3.05, 3.63) is 143 Å². The predicted octanol–water partition coefficient (Wildman–Crippen LogP) is 6.56. The minimum absolute atomic E-state index is 0.288. The summed E-state index contributed by atoms with van der Waals surface area (Å²) < 4.78 is 22.7. The zero-order valence-corrected chi connectivity index (χ0v) is 24.6. The fourth-order valence-corrected chi connectivity index (χ4v) is 4.41. The van der Waals surface area contributed by atoms with Gasteiger partial charge in [-0.2, -0.15) is 0 Å². The van der Waals surface area contributed by atoms with Crippen molar-refractivity contribution in [2.45, 2.75) is 25.4 Å². The standard InChI is InChI=1S/C36H34O8/c1-4-5-24-6-11-26(12-7-24)33(43-35(39)28-15-19-30(41-2)20-16-28)34(27-13-8-25(9-14-27)10-23-32(37)38)44-36(40)29-17-21-31(42-3)22-18-29/h4-23,32-34,37-38H,1-3H3/b5-4+,23-10+. The van der Waals surface area contributed by atoms with Gasteiger partial charge in [0.1, 0.15) is 11.5 Å². The Morgan fingerprint density at radius 3 is 1.32 bits per heavy atom. The van der Waals surface area contributed by atoms with Crippen molar-refractivity contribution in [3.8, 4) is 11.5 Å². The van der Waals surface area contributed by atoms with Crippen LogP contribution in [0.2, 0.25) is 0 Å². The molecule has 0 bridgehead atoms. The van der Waals surface area contributed by atoms with Crippen molar-refractivity contribution in [2.24, 2.45) is 0 Å². The van der Waals surface area contributed by atoms with E-state index in [1.807, 2.05) is 43.3 Å². The van der Waals surface area contributed by atoms with E-state index in [0.717, 1.165) is 5.56 Å². The van der Waals surface area contributed by atoms with Gasteiger partial charge in [-0.25, -0.2) is 9.59 Å². The number of rotatable bonds is 12. The molecule has 4 aromatic carbocycles. The number of aliphatic hydroxyl groups is 2. The Balaban J connectivity index is 1.77. The molecule has 0 amide bonds. The van der Waals surface area contributed by atoms with Crippen LogP contribution in [0.3, 0.4) is 0 Å². The second-order valence-corrected chi connectivity index (χ2v) is 9.71. The highest BCUT2D eigenvalue weighted by Gasteiger charge is 2.33. The molecule has 8 nitrogen and oxygen atoms in total. The molecule has 0 fully saturated rings. The van der Waals surface area contributed by atoms with Crippen molar-refractivity contribution in [1.82, 2.24) is 0 Å². The van der Waals surface area contributed by atoms with Crippen LogP contribution in [0.4, 0.5) is 0 Å². The number of benzene rings is 4. The predicted molar refractivity (Wildman–Crippen MR) is 167 cm³/mol. The molecule has 0 saturated heterocycles. The quantitative estimate of drug-likeness (QED) is 0.140. The van der Waals surface area contributed by atoms with Crippen molar-refractivity contribution in [1.29, 1.82) is 0 Å². The van der Waals surface area contributed by atoms with Crippen LogP contribution < -0.4 is 9.47 Å². The molecule has 0 heterocycles. The van der Waals surface area contributed by atoms with Gasteiger partial charge in [0.15, 0.2) is 18.5 Å². The Morgan fingerprint density at radius 1 is 0.591 bits per heavy atom. The SMILES string of the molecule is C/C=C/c1ccc(C(OC(=O)c2ccc(OC)cc2)C(OC(=O)c2ccc(OC)cc2)c2ccc(/C=C/C(O)O)cc2)cc1. The highest BCUT2D eigenvalue weighted by molar-refractivity contribution is 5.90. The zero-order chi connectivity index (χ0) is 31.5. The molecule has 226 valence electrons. The van der Waals surface area contributed by atoms with E-state index in [2.05, 4.69) is 0 Å². The first-order valence-electron chi connectivity index (χ1n) is 13.9. The number of aliphatic hydroxyl groups excluding tert-OH is 1. The van der Waals surface area contributed by atoms with Gasteiger partial charge in [-0.3, -0.25) is 0 Å². The maximum atomic E-state index is 13.5. The van der Waals surface area contributed by atoms with E-state index >= 15 is 0 Å². The molecule has 0 aromatic heterocycles. The number of esters is 2. The summed E-state index contributed by atoms with van der Waals surface area (Å²) in [4.78, 5) is 27.0. The molecule has 0 radical (unpaired) electrons. The number of allylic oxidation sites excluding steroid dienone is 1. The van der Waals surface area contributed by atoms with Gasteiger partial charge in [0.2, 0.25) is 0 Å². The van der Waals surface area contributed by atoms with Crippen molar-refractivity contribution >= 4 is 24.1 Å². The van der Waals surface area contributed by atoms with Gasteiger partial charge in [-0.1, -0.05) is 66.8 Å². The average Bonchev–Trinajstić information content (AvgIpc) is 3.06. The summed E-state index contributed by atoms with van der Waals surface area (Å²) in [5.41, 5.74) is 3.38. The lowest BCUT2D eigenvalue weighted by molar-refractivity contribution is -0.0388. The first-order valence-corrected chi connectivity index (χ1v) is 13.9. The molecule has 2 unspecified atom stereocenters. The van der Waals surface area contributed by atoms with Gasteiger partial charge in [0.05, 0.1) is 25.3 Å². The second kappa shape index (κ2) is 15.3. The fourth-order valence-electron chi connectivity index (χ4n) is 4.41. The Morgan fingerprint density at radius 2 is 0.977 bits per heavy atom. The number of methoxy groups -OCH3 is 2. The molecule has 8 heteroatoms. The van der Waals surface area contributed by atoms with Crippen LogP contribution in [0.25, 0.3) is 12.2 Å². The highest BCUT2D eigenvalue weighted by Crippen LogP contribution is 2.37. The van der Waals surface area contributed by atoms with Crippen LogP contribution in [0, 0.1) is 0 Å². The van der Waals surface area contributed by atoms with Gasteiger partial charge in [-0.15, -0.1) is 0 Å². The van der Waals surface area contributed by atoms with Gasteiger partial charge >= 0.3 is 11.9 Å². The molecule has 0 aliphatic rings. The topological polar surface area (TPSA) is 112 Å². The lowest BCUT2D eigenvalue weighted by Gasteiger charge is -2.28. The van der Waals surface area contributed by atoms with Crippen LogP contribution in [-0.2, 0) is 9.47 Å². The molecule has 0 aliphatic carbocycles. The smallest absolute Gasteiger partial charge is 0.338 e. The maximum absolute atomic E-state index is 13.5. The van der Waals surface area contributed by atoms with E-state index < -0.39 is 30.4 Å². The van der Waals surface area contributed by atoms with Crippen molar-refractivity contribution in [2.75, 3.05) is 14.2 Å². The summed E-state index contributed by atoms with van der Waals surface area (Å²) in [6.07, 6.45) is 2.95. The van der Waals surface area contributed by atoms with Gasteiger partial charge in [0.25, 0.3) is 0 Å². The van der Waals surface area contributed by atoms with Gasteiger partial charge < -0.3 is 29.2 Å². The minimum atomic E-state index is -1.60. The molecule has 2 atom stereocenters. The summed E-state index contributed by atoms with van der Waals surface area (Å²) in [5, 5.41) is 18.4. The third-order valence-corrected chi connectivity index (χ3v) is 6.74. The van der Waals surface area contributed by atoms with Gasteiger partial charge in [-0.05, 0) is 83.8 Å². The first kappa shape index (κ1) is 31.7. The van der Waals surface area contributed by atoms with E-state index in [0.29, 0.717) is 33.8 Å². The normalized spacial score (nSPS) is 12.7. The highest BCUT2D eigenvalue weighted by atomic mass is 16.6. The summed E-state index contributed by atoms with van der Waals surface area (Å²) in [6.45, 7) is 1.92. The number of ether oxygens (including phenoxy) is 4. The largest absolute Gasteiger partial charge is 0.497 e. The Kier molecular flexibility index (Phi) is 11.1. The maximum Gasteiger partial charge on any atom is 0.338 e. The molecule has 0 saturated carbocycles. The van der Waals surface area contributed by atoms with E-state index in [1.165, 1.54) is 20.3 Å². The van der Waals surface area contributed by atoms with Crippen LogP contribution in [0.1, 0.15) is 62.1 Å². The molecule has 4 aromatic rings. The van der Waals surface area contributed by atoms with Crippen LogP contribution in [0.5, 0.6) is 11.5 Å². The summed E-state index contributed by atoms with van der Waals surface area (Å²) in [6, 6.07) is 27.4. The van der Waals surface area contributed by atoms with E-state index in [4.69, 9.17) is 18.9 Å². The number of hydrogen-bond donors (Lipinski definition) is 2. The lowest BCUT2D eigenvalue weighted by Crippen LogP contribution is -2.23. The molecular formula is C36H34O8. The monoisotopic (exact) mass is 594 g/mol. The zero-order valence-electron chi connectivity index (χ0n) is 24.6. The molecule has 44 heavy (non-hydrogen) atoms. The number of carbonyl (C=O) groups is 2. The third kappa shape index (κ3) is 8.44. The summed E-state index contributed by atoms with van der Waals surface area (Å²) in [7, 11) is 3.07. The van der Waals surface area contributed by atoms with Crippen molar-refractivity contribution in [3.63, 3.8) is 0 Å². The Hall–Kier alpha value is -5.18. The van der Waals surface area contributed by atoms with E-state index in [9.17, 15) is 19.8 Å². The number of carbonyl (C=O) groups excluding carboxylic acids is 2. The van der Waals surface area contributed by atoms with Crippen LogP contribution in [0.15, 0.2) is 109 Å². The minimum Gasteiger partial charge on any atom is -0.497 e. The molecular weight excluding hydrogens is 560 g/mol. The average molecular weight is 595 g/mol. The summed E-state index contributed by atoms with van der Waals surface area (Å²) in [5.74, 6) is -0.0627.